The lowest BCUT2D eigenvalue weighted by Crippen LogP contribution is -2.09. The maximum Gasteiger partial charge on any atom is 0.203 e. The molecule has 0 bridgehead atoms. The van der Waals surface area contributed by atoms with Crippen molar-refractivity contribution in [3.63, 3.8) is 0 Å². The Labute approximate surface area is 140 Å². The summed E-state index contributed by atoms with van der Waals surface area (Å²) in [7, 11) is 0. The first-order valence-electron chi connectivity index (χ1n) is 8.86. The average Bonchev–Trinajstić information content (AvgIpc) is 3.24. The smallest absolute Gasteiger partial charge is 0.203 e. The van der Waals surface area contributed by atoms with Gasteiger partial charge in [0.15, 0.2) is 11.5 Å². The summed E-state index contributed by atoms with van der Waals surface area (Å²) < 4.78 is 23.2. The summed E-state index contributed by atoms with van der Waals surface area (Å²) >= 11 is 0. The Morgan fingerprint density at radius 1 is 0.957 bits per heavy atom. The second-order valence-corrected chi connectivity index (χ2v) is 5.83. The number of epoxide rings is 1. The third-order valence-electron chi connectivity index (χ3n) is 4.27. The van der Waals surface area contributed by atoms with Gasteiger partial charge in [0, 0.05) is 5.56 Å². The topological polar surface area (TPSA) is 40.2 Å². The van der Waals surface area contributed by atoms with Crippen LogP contribution in [-0.2, 0) is 4.74 Å². The Morgan fingerprint density at radius 2 is 1.57 bits per heavy atom. The fourth-order valence-corrected chi connectivity index (χ4v) is 3.00. The Morgan fingerprint density at radius 3 is 2.09 bits per heavy atom. The highest BCUT2D eigenvalue weighted by Crippen LogP contribution is 2.46. The van der Waals surface area contributed by atoms with E-state index in [0.29, 0.717) is 37.9 Å². The monoisotopic (exact) mass is 322 g/mol. The molecule has 1 saturated heterocycles. The lowest BCUT2D eigenvalue weighted by atomic mass is 9.90. The molecular weight excluding hydrogens is 292 g/mol. The Balaban J connectivity index is 2.37. The standard InChI is InChI=1S/C19H30O4/c1-6-14(12-17-13(5)23-17)15-10-11-16(20-7-2)19(22-9-4)18(15)21-8-3/h10-11,13-14,17H,6-9,12H2,1-5H3. The van der Waals surface area contributed by atoms with E-state index < -0.39 is 0 Å². The van der Waals surface area contributed by atoms with Crippen molar-refractivity contribution in [1.29, 1.82) is 0 Å². The van der Waals surface area contributed by atoms with Crippen LogP contribution in [0.25, 0.3) is 0 Å². The first kappa shape index (κ1) is 17.9. The van der Waals surface area contributed by atoms with Crippen molar-refractivity contribution in [2.45, 2.75) is 65.6 Å². The average molecular weight is 322 g/mol. The van der Waals surface area contributed by atoms with Crippen molar-refractivity contribution in [2.24, 2.45) is 0 Å². The highest BCUT2D eigenvalue weighted by Gasteiger charge is 2.37. The highest BCUT2D eigenvalue weighted by molar-refractivity contribution is 5.57. The summed E-state index contributed by atoms with van der Waals surface area (Å²) in [5.41, 5.74) is 1.20. The Hall–Kier alpha value is -1.42. The van der Waals surface area contributed by atoms with Crippen LogP contribution < -0.4 is 14.2 Å². The predicted molar refractivity (Wildman–Crippen MR) is 91.9 cm³/mol. The van der Waals surface area contributed by atoms with E-state index in [4.69, 9.17) is 18.9 Å². The second kappa shape index (κ2) is 8.44. The quantitative estimate of drug-likeness (QED) is 0.592. The minimum absolute atomic E-state index is 0.372. The molecule has 3 unspecified atom stereocenters. The zero-order valence-electron chi connectivity index (χ0n) is 15.1. The molecule has 0 aromatic heterocycles. The molecule has 2 rings (SSSR count). The van der Waals surface area contributed by atoms with E-state index in [1.807, 2.05) is 26.8 Å². The SMILES string of the molecule is CCOc1ccc(C(CC)CC2OC2C)c(OCC)c1OCC. The van der Waals surface area contributed by atoms with Crippen LogP contribution in [0.1, 0.15) is 58.9 Å². The lowest BCUT2D eigenvalue weighted by molar-refractivity contribution is 0.257. The van der Waals surface area contributed by atoms with Crippen LogP contribution in [0, 0.1) is 0 Å². The fourth-order valence-electron chi connectivity index (χ4n) is 3.00. The van der Waals surface area contributed by atoms with Crippen molar-refractivity contribution in [3.05, 3.63) is 17.7 Å². The first-order valence-corrected chi connectivity index (χ1v) is 8.86. The maximum absolute atomic E-state index is 5.97. The number of hydrogen-bond donors (Lipinski definition) is 0. The largest absolute Gasteiger partial charge is 0.490 e. The van der Waals surface area contributed by atoms with E-state index in [2.05, 4.69) is 19.9 Å². The van der Waals surface area contributed by atoms with E-state index in [1.165, 1.54) is 5.56 Å². The van der Waals surface area contributed by atoms with Gasteiger partial charge in [-0.05, 0) is 52.5 Å². The van der Waals surface area contributed by atoms with Gasteiger partial charge in [0.1, 0.15) is 0 Å². The summed E-state index contributed by atoms with van der Waals surface area (Å²) in [6.45, 7) is 12.1. The highest BCUT2D eigenvalue weighted by atomic mass is 16.6. The fraction of sp³-hybridized carbons (Fsp3) is 0.684. The summed E-state index contributed by atoms with van der Waals surface area (Å²) in [6, 6.07) is 4.13. The van der Waals surface area contributed by atoms with Crippen LogP contribution >= 0.6 is 0 Å². The number of hydrogen-bond acceptors (Lipinski definition) is 4. The van der Waals surface area contributed by atoms with E-state index in [0.717, 1.165) is 30.1 Å². The van der Waals surface area contributed by atoms with E-state index in [1.54, 1.807) is 0 Å². The molecule has 1 aromatic rings. The van der Waals surface area contributed by atoms with E-state index in [-0.39, 0.29) is 0 Å². The van der Waals surface area contributed by atoms with Crippen LogP contribution in [0.2, 0.25) is 0 Å². The Kier molecular flexibility index (Phi) is 6.58. The van der Waals surface area contributed by atoms with Crippen LogP contribution in [0.15, 0.2) is 12.1 Å². The third kappa shape index (κ3) is 4.31. The minimum atomic E-state index is 0.372. The third-order valence-corrected chi connectivity index (χ3v) is 4.27. The number of ether oxygens (including phenoxy) is 4. The molecule has 3 atom stereocenters. The number of benzene rings is 1. The Bertz CT molecular complexity index is 500. The molecule has 1 aromatic carbocycles. The molecule has 0 N–H and O–H groups in total. The maximum atomic E-state index is 5.97. The van der Waals surface area contributed by atoms with Gasteiger partial charge in [-0.15, -0.1) is 0 Å². The van der Waals surface area contributed by atoms with E-state index in [9.17, 15) is 0 Å². The molecule has 0 saturated carbocycles. The van der Waals surface area contributed by atoms with Gasteiger partial charge in [-0.25, -0.2) is 0 Å². The lowest BCUT2D eigenvalue weighted by Gasteiger charge is -2.22. The van der Waals surface area contributed by atoms with Crippen molar-refractivity contribution < 1.29 is 18.9 Å². The van der Waals surface area contributed by atoms with Crippen LogP contribution in [0.3, 0.4) is 0 Å². The molecule has 0 spiro atoms. The summed E-state index contributed by atoms with van der Waals surface area (Å²) in [5, 5.41) is 0. The van der Waals surface area contributed by atoms with Gasteiger partial charge in [0.25, 0.3) is 0 Å². The molecule has 1 aliphatic rings. The van der Waals surface area contributed by atoms with Crippen molar-refractivity contribution in [2.75, 3.05) is 19.8 Å². The van der Waals surface area contributed by atoms with Gasteiger partial charge in [0.05, 0.1) is 32.0 Å². The molecule has 1 fully saturated rings. The molecule has 1 aliphatic heterocycles. The van der Waals surface area contributed by atoms with Crippen molar-refractivity contribution in [1.82, 2.24) is 0 Å². The van der Waals surface area contributed by atoms with Crippen molar-refractivity contribution >= 4 is 0 Å². The van der Waals surface area contributed by atoms with Gasteiger partial charge < -0.3 is 18.9 Å². The first-order chi connectivity index (χ1) is 11.2. The molecular formula is C19H30O4. The molecule has 0 aliphatic carbocycles. The predicted octanol–water partition coefficient (Wildman–Crippen LogP) is 4.55. The van der Waals surface area contributed by atoms with Crippen LogP contribution in [-0.4, -0.2) is 32.0 Å². The summed E-state index contributed by atoms with van der Waals surface area (Å²) in [6.07, 6.45) is 2.83. The second-order valence-electron chi connectivity index (χ2n) is 5.83. The summed E-state index contributed by atoms with van der Waals surface area (Å²) in [5.74, 6) is 2.73. The molecule has 1 heterocycles. The molecule has 130 valence electrons. The minimum Gasteiger partial charge on any atom is -0.490 e. The molecule has 23 heavy (non-hydrogen) atoms. The van der Waals surface area contributed by atoms with Gasteiger partial charge in [-0.2, -0.15) is 0 Å². The van der Waals surface area contributed by atoms with Gasteiger partial charge in [-0.1, -0.05) is 13.0 Å². The van der Waals surface area contributed by atoms with E-state index >= 15 is 0 Å². The zero-order valence-corrected chi connectivity index (χ0v) is 15.1. The van der Waals surface area contributed by atoms with Gasteiger partial charge >= 0.3 is 0 Å². The van der Waals surface area contributed by atoms with Crippen LogP contribution in [0.5, 0.6) is 17.2 Å². The van der Waals surface area contributed by atoms with Gasteiger partial charge in [-0.3, -0.25) is 0 Å². The summed E-state index contributed by atoms with van der Waals surface area (Å²) in [4.78, 5) is 0. The number of rotatable bonds is 10. The molecule has 0 radical (unpaired) electrons. The normalized spacial score (nSPS) is 20.9. The van der Waals surface area contributed by atoms with Gasteiger partial charge in [0.2, 0.25) is 5.75 Å². The molecule has 4 heteroatoms. The zero-order chi connectivity index (χ0) is 16.8. The van der Waals surface area contributed by atoms with Crippen molar-refractivity contribution in [3.8, 4) is 17.2 Å². The molecule has 0 amide bonds. The molecule has 4 nitrogen and oxygen atoms in total. The van der Waals surface area contributed by atoms with Crippen LogP contribution in [0.4, 0.5) is 0 Å².